The maximum atomic E-state index is 12.3. The molecule has 0 atom stereocenters. The van der Waals surface area contributed by atoms with E-state index in [1.807, 2.05) is 19.9 Å². The fourth-order valence-corrected chi connectivity index (χ4v) is 2.83. The van der Waals surface area contributed by atoms with Gasteiger partial charge in [0.05, 0.1) is 17.6 Å². The molecule has 2 aromatic carbocycles. The van der Waals surface area contributed by atoms with Gasteiger partial charge in [0.15, 0.2) is 5.75 Å². The number of hydrogen-bond acceptors (Lipinski definition) is 7. The van der Waals surface area contributed by atoms with Gasteiger partial charge in [0.25, 0.3) is 0 Å². The first-order valence-corrected chi connectivity index (χ1v) is 8.34. The van der Waals surface area contributed by atoms with Crippen molar-refractivity contribution in [2.45, 2.75) is 20.5 Å². The van der Waals surface area contributed by atoms with Crippen LogP contribution in [-0.4, -0.2) is 18.0 Å². The van der Waals surface area contributed by atoms with Gasteiger partial charge in [-0.2, -0.15) is 0 Å². The first-order chi connectivity index (χ1) is 13.3. The van der Waals surface area contributed by atoms with Gasteiger partial charge >= 0.3 is 17.3 Å². The number of esters is 1. The van der Waals surface area contributed by atoms with E-state index in [1.54, 1.807) is 6.07 Å². The molecule has 144 valence electrons. The van der Waals surface area contributed by atoms with Gasteiger partial charge in [0, 0.05) is 23.1 Å². The Hall–Kier alpha value is -3.68. The summed E-state index contributed by atoms with van der Waals surface area (Å²) in [5, 5.41) is 11.8. The van der Waals surface area contributed by atoms with Crippen molar-refractivity contribution in [3.8, 4) is 5.75 Å². The molecule has 1 aromatic heterocycles. The SMILES string of the molecule is COc1ccc(C(=O)OCc2cc(=O)oc3c(C)c(C)ccc23)cc1[N+](=O)[O-]. The maximum absolute atomic E-state index is 12.3. The van der Waals surface area contributed by atoms with E-state index < -0.39 is 16.5 Å². The molecule has 0 N–H and O–H groups in total. The van der Waals surface area contributed by atoms with E-state index in [0.29, 0.717) is 16.5 Å². The molecule has 0 spiro atoms. The summed E-state index contributed by atoms with van der Waals surface area (Å²) in [4.78, 5) is 34.7. The van der Waals surface area contributed by atoms with E-state index in [0.717, 1.165) is 17.2 Å². The van der Waals surface area contributed by atoms with Gasteiger partial charge in [0.1, 0.15) is 12.2 Å². The molecule has 8 heteroatoms. The highest BCUT2D eigenvalue weighted by Crippen LogP contribution is 2.28. The molecule has 0 radical (unpaired) electrons. The highest BCUT2D eigenvalue weighted by molar-refractivity contribution is 5.91. The zero-order valence-electron chi connectivity index (χ0n) is 15.5. The molecule has 0 bridgehead atoms. The Morgan fingerprint density at radius 3 is 2.61 bits per heavy atom. The van der Waals surface area contributed by atoms with Crippen molar-refractivity contribution in [3.05, 3.63) is 79.2 Å². The van der Waals surface area contributed by atoms with Crippen LogP contribution in [-0.2, 0) is 11.3 Å². The minimum atomic E-state index is -0.754. The van der Waals surface area contributed by atoms with Crippen molar-refractivity contribution in [1.82, 2.24) is 0 Å². The van der Waals surface area contributed by atoms with Gasteiger partial charge in [-0.25, -0.2) is 9.59 Å². The summed E-state index contributed by atoms with van der Waals surface area (Å²) in [6.07, 6.45) is 0. The monoisotopic (exact) mass is 383 g/mol. The van der Waals surface area contributed by atoms with Crippen LogP contribution >= 0.6 is 0 Å². The van der Waals surface area contributed by atoms with Gasteiger partial charge in [-0.15, -0.1) is 0 Å². The number of aryl methyl sites for hydroxylation is 2. The highest BCUT2D eigenvalue weighted by Gasteiger charge is 2.19. The molecular weight excluding hydrogens is 366 g/mol. The number of rotatable bonds is 5. The predicted octanol–water partition coefficient (Wildman–Crippen LogP) is 3.68. The fourth-order valence-electron chi connectivity index (χ4n) is 2.83. The number of hydrogen-bond donors (Lipinski definition) is 0. The summed E-state index contributed by atoms with van der Waals surface area (Å²) >= 11 is 0. The van der Waals surface area contributed by atoms with Gasteiger partial charge < -0.3 is 13.9 Å². The Morgan fingerprint density at radius 1 is 1.18 bits per heavy atom. The first-order valence-electron chi connectivity index (χ1n) is 8.34. The van der Waals surface area contributed by atoms with Crippen molar-refractivity contribution in [3.63, 3.8) is 0 Å². The summed E-state index contributed by atoms with van der Waals surface area (Å²) in [6, 6.07) is 8.73. The van der Waals surface area contributed by atoms with Crippen LogP contribution in [0.25, 0.3) is 11.0 Å². The van der Waals surface area contributed by atoms with Crippen LogP contribution in [0.1, 0.15) is 27.0 Å². The van der Waals surface area contributed by atoms with Crippen molar-refractivity contribution >= 4 is 22.6 Å². The zero-order valence-corrected chi connectivity index (χ0v) is 15.5. The smallest absolute Gasteiger partial charge is 0.338 e. The van der Waals surface area contributed by atoms with E-state index >= 15 is 0 Å². The second-order valence-corrected chi connectivity index (χ2v) is 6.19. The second kappa shape index (κ2) is 7.51. The van der Waals surface area contributed by atoms with Crippen molar-refractivity contribution < 1.29 is 23.6 Å². The largest absolute Gasteiger partial charge is 0.490 e. The van der Waals surface area contributed by atoms with Crippen LogP contribution in [0, 0.1) is 24.0 Å². The van der Waals surface area contributed by atoms with Crippen LogP contribution in [0.5, 0.6) is 5.75 Å². The predicted molar refractivity (Wildman–Crippen MR) is 101 cm³/mol. The topological polar surface area (TPSA) is 109 Å². The first kappa shape index (κ1) is 19.1. The Morgan fingerprint density at radius 2 is 1.93 bits per heavy atom. The Balaban J connectivity index is 1.90. The van der Waals surface area contributed by atoms with Crippen molar-refractivity contribution in [2.75, 3.05) is 7.11 Å². The molecular formula is C20H17NO7. The lowest BCUT2D eigenvalue weighted by molar-refractivity contribution is -0.385. The standard InChI is InChI=1S/C20H17NO7/c1-11-4-6-15-14(9-18(22)28-19(15)12(11)2)10-27-20(23)13-5-7-17(26-3)16(8-13)21(24)25/h4-9H,10H2,1-3H3. The lowest BCUT2D eigenvalue weighted by Gasteiger charge is -2.10. The Bertz CT molecular complexity index is 1150. The molecule has 0 unspecified atom stereocenters. The molecule has 0 aliphatic heterocycles. The van der Waals surface area contributed by atoms with Gasteiger partial charge in [0.2, 0.25) is 0 Å². The van der Waals surface area contributed by atoms with E-state index in [1.165, 1.54) is 25.3 Å². The third kappa shape index (κ3) is 3.57. The Labute approximate surface area is 159 Å². The van der Waals surface area contributed by atoms with Crippen LogP contribution < -0.4 is 10.4 Å². The van der Waals surface area contributed by atoms with Crippen LogP contribution in [0.3, 0.4) is 0 Å². The molecule has 0 saturated carbocycles. The minimum Gasteiger partial charge on any atom is -0.490 e. The van der Waals surface area contributed by atoms with Crippen molar-refractivity contribution in [2.24, 2.45) is 0 Å². The summed E-state index contributed by atoms with van der Waals surface area (Å²) < 4.78 is 15.5. The Kier molecular flexibility index (Phi) is 5.12. The summed E-state index contributed by atoms with van der Waals surface area (Å²) in [5.74, 6) is -0.713. The number of methoxy groups -OCH3 is 1. The maximum Gasteiger partial charge on any atom is 0.338 e. The number of fused-ring (bicyclic) bond motifs is 1. The van der Waals surface area contributed by atoms with Crippen LogP contribution in [0.2, 0.25) is 0 Å². The zero-order chi connectivity index (χ0) is 20.4. The molecule has 0 aliphatic rings. The molecule has 8 nitrogen and oxygen atoms in total. The van der Waals surface area contributed by atoms with Gasteiger partial charge in [-0.1, -0.05) is 12.1 Å². The van der Waals surface area contributed by atoms with Crippen LogP contribution in [0.15, 0.2) is 45.6 Å². The number of nitrogens with zero attached hydrogens (tertiary/aromatic N) is 1. The normalized spacial score (nSPS) is 10.7. The molecule has 0 saturated heterocycles. The molecule has 0 amide bonds. The summed E-state index contributed by atoms with van der Waals surface area (Å²) in [7, 11) is 1.30. The molecule has 28 heavy (non-hydrogen) atoms. The number of benzene rings is 2. The number of carbonyl (C=O) groups is 1. The number of nitro benzene ring substituents is 1. The third-order valence-electron chi connectivity index (χ3n) is 4.49. The van der Waals surface area contributed by atoms with E-state index in [9.17, 15) is 19.7 Å². The lowest BCUT2D eigenvalue weighted by atomic mass is 10.0. The second-order valence-electron chi connectivity index (χ2n) is 6.19. The highest BCUT2D eigenvalue weighted by atomic mass is 16.6. The van der Waals surface area contributed by atoms with E-state index in [2.05, 4.69) is 0 Å². The average molecular weight is 383 g/mol. The number of carbonyl (C=O) groups excluding carboxylic acids is 1. The van der Waals surface area contributed by atoms with Crippen molar-refractivity contribution in [1.29, 1.82) is 0 Å². The third-order valence-corrected chi connectivity index (χ3v) is 4.49. The van der Waals surface area contributed by atoms with E-state index in [-0.39, 0.29) is 23.6 Å². The lowest BCUT2D eigenvalue weighted by Crippen LogP contribution is -2.09. The molecule has 3 rings (SSSR count). The summed E-state index contributed by atoms with van der Waals surface area (Å²) in [5.41, 5.74) is 1.85. The average Bonchev–Trinajstić information content (AvgIpc) is 2.68. The molecule has 0 fully saturated rings. The van der Waals surface area contributed by atoms with Crippen LogP contribution in [0.4, 0.5) is 5.69 Å². The quantitative estimate of drug-likeness (QED) is 0.286. The summed E-state index contributed by atoms with van der Waals surface area (Å²) in [6.45, 7) is 3.56. The molecule has 1 heterocycles. The molecule has 3 aromatic rings. The fraction of sp³-hybridized carbons (Fsp3) is 0.200. The minimum absolute atomic E-state index is 0.00629. The molecule has 0 aliphatic carbocycles. The number of nitro groups is 1. The van der Waals surface area contributed by atoms with Gasteiger partial charge in [-0.3, -0.25) is 10.1 Å². The number of ether oxygens (including phenoxy) is 2. The van der Waals surface area contributed by atoms with E-state index in [4.69, 9.17) is 13.9 Å². The van der Waals surface area contributed by atoms with Gasteiger partial charge in [-0.05, 0) is 37.1 Å².